The first-order chi connectivity index (χ1) is 6.35. The Morgan fingerprint density at radius 2 is 2.54 bits per heavy atom. The molecule has 1 aromatic heterocycles. The average molecular weight is 197 g/mol. The van der Waals surface area contributed by atoms with Crippen LogP contribution in [0.5, 0.6) is 0 Å². The van der Waals surface area contributed by atoms with Crippen molar-refractivity contribution >= 4 is 11.3 Å². The van der Waals surface area contributed by atoms with Crippen LogP contribution in [0.3, 0.4) is 0 Å². The van der Waals surface area contributed by atoms with Crippen molar-refractivity contribution in [3.63, 3.8) is 0 Å². The third kappa shape index (κ3) is 1.64. The van der Waals surface area contributed by atoms with Gasteiger partial charge in [0.1, 0.15) is 0 Å². The van der Waals surface area contributed by atoms with Gasteiger partial charge in [0.05, 0.1) is 6.10 Å². The van der Waals surface area contributed by atoms with E-state index in [0.29, 0.717) is 12.6 Å². The maximum Gasteiger partial charge on any atom is 0.0832 e. The summed E-state index contributed by atoms with van der Waals surface area (Å²) >= 11 is 1.85. The van der Waals surface area contributed by atoms with Gasteiger partial charge in [-0.1, -0.05) is 0 Å². The lowest BCUT2D eigenvalue weighted by molar-refractivity contribution is 0.0888. The van der Waals surface area contributed by atoms with Gasteiger partial charge in [-0.05, 0) is 30.9 Å². The first-order valence-corrected chi connectivity index (χ1v) is 5.51. The molecule has 0 saturated heterocycles. The monoisotopic (exact) mass is 197 g/mol. The number of thiophene rings is 1. The number of rotatable bonds is 2. The van der Waals surface area contributed by atoms with Crippen LogP contribution >= 0.6 is 11.3 Å². The van der Waals surface area contributed by atoms with Crippen LogP contribution in [0.1, 0.15) is 34.3 Å². The summed E-state index contributed by atoms with van der Waals surface area (Å²) in [7, 11) is 1.79. The van der Waals surface area contributed by atoms with Crippen LogP contribution < -0.4 is 5.73 Å². The Labute approximate surface area is 82.7 Å². The van der Waals surface area contributed by atoms with Gasteiger partial charge in [-0.25, -0.2) is 0 Å². The quantitative estimate of drug-likeness (QED) is 0.789. The largest absolute Gasteiger partial charge is 0.377 e. The number of hydrogen-bond donors (Lipinski definition) is 1. The highest BCUT2D eigenvalue weighted by molar-refractivity contribution is 7.12. The highest BCUT2D eigenvalue weighted by atomic mass is 32.1. The SMILES string of the molecule is COC1CCCc2sc(CN)cc21. The summed E-state index contributed by atoms with van der Waals surface area (Å²) in [6.45, 7) is 0.661. The molecule has 2 N–H and O–H groups in total. The van der Waals surface area contributed by atoms with E-state index >= 15 is 0 Å². The molecule has 0 aromatic carbocycles. The van der Waals surface area contributed by atoms with Crippen LogP contribution in [0.2, 0.25) is 0 Å². The van der Waals surface area contributed by atoms with E-state index in [1.807, 2.05) is 11.3 Å². The Balaban J connectivity index is 2.32. The summed E-state index contributed by atoms with van der Waals surface area (Å²) in [5.41, 5.74) is 7.01. The Morgan fingerprint density at radius 1 is 1.69 bits per heavy atom. The molecule has 72 valence electrons. The molecular formula is C10H15NOS. The van der Waals surface area contributed by atoms with Crippen LogP contribution in [0, 0.1) is 0 Å². The van der Waals surface area contributed by atoms with Crippen LogP contribution in [0.4, 0.5) is 0 Å². The number of ether oxygens (including phenoxy) is 1. The Morgan fingerprint density at radius 3 is 3.23 bits per heavy atom. The van der Waals surface area contributed by atoms with Gasteiger partial charge in [0.15, 0.2) is 0 Å². The first kappa shape index (κ1) is 9.19. The molecule has 1 heterocycles. The number of hydrogen-bond acceptors (Lipinski definition) is 3. The van der Waals surface area contributed by atoms with E-state index in [9.17, 15) is 0 Å². The van der Waals surface area contributed by atoms with Crippen LogP contribution in [-0.2, 0) is 17.7 Å². The number of fused-ring (bicyclic) bond motifs is 1. The van der Waals surface area contributed by atoms with Crippen molar-refractivity contribution in [1.82, 2.24) is 0 Å². The second kappa shape index (κ2) is 3.78. The van der Waals surface area contributed by atoms with Gasteiger partial charge in [0.2, 0.25) is 0 Å². The smallest absolute Gasteiger partial charge is 0.0832 e. The zero-order valence-corrected chi connectivity index (χ0v) is 8.69. The maximum absolute atomic E-state index is 5.62. The minimum atomic E-state index is 0.320. The first-order valence-electron chi connectivity index (χ1n) is 4.69. The molecule has 0 bridgehead atoms. The predicted molar refractivity (Wildman–Crippen MR) is 54.9 cm³/mol. The summed E-state index contributed by atoms with van der Waals surface area (Å²) in [5, 5.41) is 0. The van der Waals surface area contributed by atoms with Gasteiger partial charge in [-0.2, -0.15) is 0 Å². The highest BCUT2D eigenvalue weighted by Gasteiger charge is 2.21. The molecule has 0 aliphatic heterocycles. The fourth-order valence-corrected chi connectivity index (χ4v) is 3.06. The molecule has 2 rings (SSSR count). The van der Waals surface area contributed by atoms with Crippen molar-refractivity contribution in [2.75, 3.05) is 7.11 Å². The Kier molecular flexibility index (Phi) is 2.67. The molecule has 0 amide bonds. The van der Waals surface area contributed by atoms with Crippen molar-refractivity contribution < 1.29 is 4.74 Å². The average Bonchev–Trinajstić information content (AvgIpc) is 2.59. The molecule has 3 heteroatoms. The zero-order valence-electron chi connectivity index (χ0n) is 7.88. The van der Waals surface area contributed by atoms with E-state index in [-0.39, 0.29) is 0 Å². The molecule has 1 aliphatic rings. The predicted octanol–water partition coefficient (Wildman–Crippen LogP) is 2.23. The maximum atomic E-state index is 5.62. The van der Waals surface area contributed by atoms with Gasteiger partial charge in [0.25, 0.3) is 0 Å². The molecule has 0 spiro atoms. The second-order valence-electron chi connectivity index (χ2n) is 3.41. The molecule has 1 aliphatic carbocycles. The van der Waals surface area contributed by atoms with E-state index < -0.39 is 0 Å². The van der Waals surface area contributed by atoms with Crippen molar-refractivity contribution in [3.05, 3.63) is 21.4 Å². The molecule has 13 heavy (non-hydrogen) atoms. The van der Waals surface area contributed by atoms with Gasteiger partial charge in [0, 0.05) is 23.4 Å². The van der Waals surface area contributed by atoms with Crippen molar-refractivity contribution in [1.29, 1.82) is 0 Å². The summed E-state index contributed by atoms with van der Waals surface area (Å²) in [6.07, 6.45) is 3.93. The van der Waals surface area contributed by atoms with Gasteiger partial charge in [-0.15, -0.1) is 11.3 Å². The lowest BCUT2D eigenvalue weighted by atomic mass is 9.96. The minimum Gasteiger partial charge on any atom is -0.377 e. The van der Waals surface area contributed by atoms with Crippen molar-refractivity contribution in [2.24, 2.45) is 5.73 Å². The van der Waals surface area contributed by atoms with Crippen LogP contribution in [0.25, 0.3) is 0 Å². The van der Waals surface area contributed by atoms with E-state index in [2.05, 4.69) is 6.07 Å². The lowest BCUT2D eigenvalue weighted by Gasteiger charge is -2.20. The third-order valence-electron chi connectivity index (χ3n) is 2.60. The van der Waals surface area contributed by atoms with E-state index in [1.165, 1.54) is 28.2 Å². The molecule has 0 saturated carbocycles. The number of methoxy groups -OCH3 is 1. The molecule has 1 unspecified atom stereocenters. The molecule has 1 aromatic rings. The molecule has 2 nitrogen and oxygen atoms in total. The lowest BCUT2D eigenvalue weighted by Crippen LogP contribution is -2.08. The second-order valence-corrected chi connectivity index (χ2v) is 4.63. The summed E-state index contributed by atoms with van der Waals surface area (Å²) in [4.78, 5) is 2.77. The van der Waals surface area contributed by atoms with E-state index in [1.54, 1.807) is 7.11 Å². The molecule has 0 fully saturated rings. The molecule has 1 atom stereocenters. The van der Waals surface area contributed by atoms with E-state index in [0.717, 1.165) is 6.42 Å². The summed E-state index contributed by atoms with van der Waals surface area (Å²) < 4.78 is 5.44. The fourth-order valence-electron chi connectivity index (χ4n) is 1.92. The topological polar surface area (TPSA) is 35.2 Å². The third-order valence-corrected chi connectivity index (χ3v) is 3.83. The molecule has 0 radical (unpaired) electrons. The Bertz CT molecular complexity index is 295. The van der Waals surface area contributed by atoms with Crippen molar-refractivity contribution in [2.45, 2.75) is 31.9 Å². The summed E-state index contributed by atoms with van der Waals surface area (Å²) in [6, 6.07) is 2.22. The Hall–Kier alpha value is -0.380. The highest BCUT2D eigenvalue weighted by Crippen LogP contribution is 2.37. The fraction of sp³-hybridized carbons (Fsp3) is 0.600. The number of nitrogens with two attached hydrogens (primary N) is 1. The van der Waals surface area contributed by atoms with Gasteiger partial charge >= 0.3 is 0 Å². The summed E-state index contributed by atoms with van der Waals surface area (Å²) in [5.74, 6) is 0. The van der Waals surface area contributed by atoms with E-state index in [4.69, 9.17) is 10.5 Å². The normalized spacial score (nSPS) is 21.5. The minimum absolute atomic E-state index is 0.320. The van der Waals surface area contributed by atoms with Gasteiger partial charge in [-0.3, -0.25) is 0 Å². The van der Waals surface area contributed by atoms with Gasteiger partial charge < -0.3 is 10.5 Å². The van der Waals surface area contributed by atoms with Crippen LogP contribution in [-0.4, -0.2) is 7.11 Å². The van der Waals surface area contributed by atoms with Crippen molar-refractivity contribution in [3.8, 4) is 0 Å². The van der Waals surface area contributed by atoms with Crippen LogP contribution in [0.15, 0.2) is 6.07 Å². The molecular weight excluding hydrogens is 182 g/mol. The number of aryl methyl sites for hydroxylation is 1. The standard InChI is InChI=1S/C10H15NOS/c1-12-9-3-2-4-10-8(9)5-7(6-11)13-10/h5,9H,2-4,6,11H2,1H3. The zero-order chi connectivity index (χ0) is 9.26.